The maximum atomic E-state index is 12.7. The first kappa shape index (κ1) is 18.7. The number of nitrogens with one attached hydrogen (secondary N) is 1. The van der Waals surface area contributed by atoms with Gasteiger partial charge in [-0.25, -0.2) is 0 Å². The zero-order valence-electron chi connectivity index (χ0n) is 13.3. The van der Waals surface area contributed by atoms with Crippen molar-refractivity contribution in [3.05, 3.63) is 64.9 Å². The summed E-state index contributed by atoms with van der Waals surface area (Å²) in [6, 6.07) is 11.7. The second kappa shape index (κ2) is 9.02. The van der Waals surface area contributed by atoms with E-state index in [0.717, 1.165) is 42.2 Å². The molecule has 1 aromatic heterocycles. The Kier molecular flexibility index (Phi) is 7.03. The van der Waals surface area contributed by atoms with E-state index in [9.17, 15) is 4.79 Å². The van der Waals surface area contributed by atoms with E-state index in [-0.39, 0.29) is 24.4 Å². The van der Waals surface area contributed by atoms with E-state index in [2.05, 4.69) is 10.3 Å². The highest BCUT2D eigenvalue weighted by Crippen LogP contribution is 2.22. The molecule has 1 amide bonds. The molecule has 1 unspecified atom stereocenters. The fraction of sp³-hybridized carbons (Fsp3) is 0.333. The molecule has 1 atom stereocenters. The molecule has 128 valence electrons. The number of carbonyl (C=O) groups is 1. The molecule has 1 aliphatic rings. The Morgan fingerprint density at radius 1 is 1.29 bits per heavy atom. The predicted octanol–water partition coefficient (Wildman–Crippen LogP) is 3.26. The van der Waals surface area contributed by atoms with Gasteiger partial charge < -0.3 is 10.2 Å². The van der Waals surface area contributed by atoms with Gasteiger partial charge >= 0.3 is 0 Å². The van der Waals surface area contributed by atoms with Gasteiger partial charge in [0.15, 0.2) is 0 Å². The number of rotatable bonds is 4. The quantitative estimate of drug-likeness (QED) is 0.904. The third-order valence-electron chi connectivity index (χ3n) is 4.17. The van der Waals surface area contributed by atoms with Gasteiger partial charge in [-0.3, -0.25) is 9.78 Å². The molecule has 1 N–H and O–H groups in total. The number of benzene rings is 1. The van der Waals surface area contributed by atoms with Gasteiger partial charge in [-0.1, -0.05) is 29.8 Å². The highest BCUT2D eigenvalue weighted by atomic mass is 35.5. The summed E-state index contributed by atoms with van der Waals surface area (Å²) in [4.78, 5) is 18.8. The van der Waals surface area contributed by atoms with Crippen molar-refractivity contribution >= 4 is 29.9 Å². The van der Waals surface area contributed by atoms with E-state index in [1.165, 1.54) is 0 Å². The van der Waals surface area contributed by atoms with Gasteiger partial charge in [0.1, 0.15) is 0 Å². The summed E-state index contributed by atoms with van der Waals surface area (Å²) >= 11 is 5.90. The lowest BCUT2D eigenvalue weighted by Crippen LogP contribution is -2.48. The topological polar surface area (TPSA) is 45.2 Å². The number of nitrogens with zero attached hydrogens (tertiary/aromatic N) is 2. The molecule has 1 saturated heterocycles. The number of aryl methyl sites for hydroxylation is 1. The molecule has 0 aliphatic carbocycles. The predicted molar refractivity (Wildman–Crippen MR) is 98.6 cm³/mol. The molecule has 2 heterocycles. The van der Waals surface area contributed by atoms with Crippen molar-refractivity contribution < 1.29 is 4.79 Å². The van der Waals surface area contributed by atoms with Crippen LogP contribution in [0.5, 0.6) is 0 Å². The van der Waals surface area contributed by atoms with Crippen molar-refractivity contribution in [1.82, 2.24) is 15.2 Å². The molecule has 6 heteroatoms. The zero-order valence-corrected chi connectivity index (χ0v) is 14.9. The third-order valence-corrected chi connectivity index (χ3v) is 4.43. The Bertz CT molecular complexity index is 649. The molecule has 4 nitrogen and oxygen atoms in total. The first-order chi connectivity index (χ1) is 11.2. The van der Waals surface area contributed by atoms with E-state index in [0.29, 0.717) is 6.42 Å². The minimum Gasteiger partial charge on any atom is -0.333 e. The molecule has 0 spiro atoms. The summed E-state index contributed by atoms with van der Waals surface area (Å²) in [5.41, 5.74) is 2.22. The minimum atomic E-state index is 0. The van der Waals surface area contributed by atoms with Gasteiger partial charge in [-0.2, -0.15) is 0 Å². The minimum absolute atomic E-state index is 0. The molecule has 0 saturated carbocycles. The van der Waals surface area contributed by atoms with Gasteiger partial charge in [0.05, 0.1) is 6.04 Å². The molecular weight excluding hydrogens is 345 g/mol. The Morgan fingerprint density at radius 2 is 2.08 bits per heavy atom. The van der Waals surface area contributed by atoms with Crippen LogP contribution in [-0.2, 0) is 11.2 Å². The number of carbonyl (C=O) groups excluding carboxylic acids is 1. The van der Waals surface area contributed by atoms with Crippen LogP contribution >= 0.6 is 24.0 Å². The summed E-state index contributed by atoms with van der Waals surface area (Å²) in [6.07, 6.45) is 4.85. The summed E-state index contributed by atoms with van der Waals surface area (Å²) in [5, 5.41) is 4.08. The number of halogens is 2. The van der Waals surface area contributed by atoms with Crippen molar-refractivity contribution in [2.45, 2.75) is 18.9 Å². The summed E-state index contributed by atoms with van der Waals surface area (Å²) in [5.74, 6) is 0.190. The summed E-state index contributed by atoms with van der Waals surface area (Å²) < 4.78 is 0. The summed E-state index contributed by atoms with van der Waals surface area (Å²) in [6.45, 7) is 2.35. The van der Waals surface area contributed by atoms with Crippen molar-refractivity contribution in [3.63, 3.8) is 0 Å². The van der Waals surface area contributed by atoms with Crippen LogP contribution in [0.2, 0.25) is 5.02 Å². The van der Waals surface area contributed by atoms with Crippen molar-refractivity contribution in [1.29, 1.82) is 0 Å². The Balaban J connectivity index is 0.00000208. The first-order valence-corrected chi connectivity index (χ1v) is 8.26. The Morgan fingerprint density at radius 3 is 2.79 bits per heavy atom. The maximum Gasteiger partial charge on any atom is 0.223 e. The van der Waals surface area contributed by atoms with Crippen LogP contribution in [0.1, 0.15) is 23.6 Å². The van der Waals surface area contributed by atoms with E-state index in [1.807, 2.05) is 47.5 Å². The molecule has 0 bridgehead atoms. The lowest BCUT2D eigenvalue weighted by molar-refractivity contribution is -0.134. The second-order valence-electron chi connectivity index (χ2n) is 5.72. The van der Waals surface area contributed by atoms with Crippen LogP contribution in [0.3, 0.4) is 0 Å². The lowest BCUT2D eigenvalue weighted by atomic mass is 10.0. The molecule has 1 fully saturated rings. The Hall–Kier alpha value is -1.62. The van der Waals surface area contributed by atoms with Crippen LogP contribution in [-0.4, -0.2) is 35.4 Å². The molecule has 1 aromatic carbocycles. The van der Waals surface area contributed by atoms with Crippen LogP contribution in [0.25, 0.3) is 0 Å². The van der Waals surface area contributed by atoms with Crippen molar-refractivity contribution in [2.75, 3.05) is 19.6 Å². The van der Waals surface area contributed by atoms with Crippen molar-refractivity contribution in [3.8, 4) is 0 Å². The number of hydrogen-bond acceptors (Lipinski definition) is 3. The van der Waals surface area contributed by atoms with Gasteiger partial charge in [0, 0.05) is 43.5 Å². The normalized spacial score (nSPS) is 17.2. The van der Waals surface area contributed by atoms with Crippen LogP contribution < -0.4 is 5.32 Å². The number of amides is 1. The second-order valence-corrected chi connectivity index (χ2v) is 6.16. The van der Waals surface area contributed by atoms with Crippen LogP contribution in [0.4, 0.5) is 0 Å². The van der Waals surface area contributed by atoms with Crippen LogP contribution in [0.15, 0.2) is 48.8 Å². The SMILES string of the molecule is Cl.O=C(CCc1ccc(Cl)cc1)N1CCNCC1c1cccnc1. The van der Waals surface area contributed by atoms with Crippen molar-refractivity contribution in [2.24, 2.45) is 0 Å². The molecule has 0 radical (unpaired) electrons. The average Bonchev–Trinajstić information content (AvgIpc) is 2.62. The van der Waals surface area contributed by atoms with Gasteiger partial charge in [-0.05, 0) is 35.7 Å². The highest BCUT2D eigenvalue weighted by Gasteiger charge is 2.27. The number of aromatic nitrogens is 1. The molecule has 1 aliphatic heterocycles. The monoisotopic (exact) mass is 365 g/mol. The average molecular weight is 366 g/mol. The zero-order chi connectivity index (χ0) is 16.1. The first-order valence-electron chi connectivity index (χ1n) is 7.88. The Labute approximate surface area is 153 Å². The smallest absolute Gasteiger partial charge is 0.223 e. The van der Waals surface area contributed by atoms with E-state index >= 15 is 0 Å². The molecular formula is C18H21Cl2N3O. The lowest BCUT2D eigenvalue weighted by Gasteiger charge is -2.36. The number of piperazine rings is 1. The van der Waals surface area contributed by atoms with Gasteiger partial charge in [0.25, 0.3) is 0 Å². The number of hydrogen-bond donors (Lipinski definition) is 1. The van der Waals surface area contributed by atoms with Crippen LogP contribution in [0, 0.1) is 0 Å². The molecule has 3 rings (SSSR count). The maximum absolute atomic E-state index is 12.7. The van der Waals surface area contributed by atoms with E-state index < -0.39 is 0 Å². The van der Waals surface area contributed by atoms with E-state index in [4.69, 9.17) is 11.6 Å². The third kappa shape index (κ3) is 4.69. The summed E-state index contributed by atoms with van der Waals surface area (Å²) in [7, 11) is 0. The van der Waals surface area contributed by atoms with E-state index in [1.54, 1.807) is 6.20 Å². The fourth-order valence-electron chi connectivity index (χ4n) is 2.92. The van der Waals surface area contributed by atoms with Gasteiger partial charge in [0.2, 0.25) is 5.91 Å². The largest absolute Gasteiger partial charge is 0.333 e. The molecule has 2 aromatic rings. The van der Waals surface area contributed by atoms with Gasteiger partial charge in [-0.15, -0.1) is 12.4 Å². The fourth-order valence-corrected chi connectivity index (χ4v) is 3.05. The number of pyridine rings is 1. The highest BCUT2D eigenvalue weighted by molar-refractivity contribution is 6.30. The molecule has 24 heavy (non-hydrogen) atoms. The standard InChI is InChI=1S/C18H20ClN3O.ClH/c19-16-6-3-14(4-7-16)5-8-18(23)22-11-10-21-13-17(22)15-2-1-9-20-12-15;/h1-4,6-7,9,12,17,21H,5,8,10-11,13H2;1H.